The molecule has 2 aromatic rings. The van der Waals surface area contributed by atoms with Crippen molar-refractivity contribution in [3.8, 4) is 0 Å². The van der Waals surface area contributed by atoms with Crippen molar-refractivity contribution in [1.82, 2.24) is 10.3 Å². The van der Waals surface area contributed by atoms with Crippen LogP contribution in [0.3, 0.4) is 0 Å². The Morgan fingerprint density at radius 2 is 1.96 bits per heavy atom. The molecule has 4 nitrogen and oxygen atoms in total. The van der Waals surface area contributed by atoms with Gasteiger partial charge in [0, 0.05) is 22.3 Å². The Morgan fingerprint density at radius 1 is 1.22 bits per heavy atom. The summed E-state index contributed by atoms with van der Waals surface area (Å²) in [6.07, 6.45) is 3.87. The minimum atomic E-state index is -0.404. The van der Waals surface area contributed by atoms with Crippen LogP contribution in [0.25, 0.3) is 0 Å². The minimum absolute atomic E-state index is 0.221. The van der Waals surface area contributed by atoms with Gasteiger partial charge < -0.3 is 10.3 Å². The van der Waals surface area contributed by atoms with E-state index >= 15 is 0 Å². The molecule has 1 heterocycles. The SMILES string of the molecule is Cc1cc(C(=O)NC2(c3cccc(Cl)c3)CCCC2)cc(=O)[nH]1. The molecule has 1 amide bonds. The summed E-state index contributed by atoms with van der Waals surface area (Å²) >= 11 is 6.12. The molecule has 23 heavy (non-hydrogen) atoms. The highest BCUT2D eigenvalue weighted by Gasteiger charge is 2.37. The molecule has 1 aromatic heterocycles. The Hall–Kier alpha value is -2.07. The van der Waals surface area contributed by atoms with Crippen molar-refractivity contribution in [3.05, 3.63) is 68.6 Å². The summed E-state index contributed by atoms with van der Waals surface area (Å²) in [6, 6.07) is 10.7. The monoisotopic (exact) mass is 330 g/mol. The van der Waals surface area contributed by atoms with E-state index in [-0.39, 0.29) is 11.5 Å². The first-order chi connectivity index (χ1) is 11.0. The van der Waals surface area contributed by atoms with Gasteiger partial charge in [-0.25, -0.2) is 0 Å². The number of pyridine rings is 1. The van der Waals surface area contributed by atoms with Gasteiger partial charge in [0.25, 0.3) is 5.91 Å². The predicted molar refractivity (Wildman–Crippen MR) is 90.9 cm³/mol. The number of amides is 1. The first-order valence-electron chi connectivity index (χ1n) is 7.78. The van der Waals surface area contributed by atoms with E-state index in [1.807, 2.05) is 24.3 Å². The van der Waals surface area contributed by atoms with Gasteiger partial charge in [0.15, 0.2) is 0 Å². The van der Waals surface area contributed by atoms with Crippen molar-refractivity contribution in [1.29, 1.82) is 0 Å². The molecule has 0 saturated heterocycles. The quantitative estimate of drug-likeness (QED) is 0.904. The molecular weight excluding hydrogens is 312 g/mol. The Kier molecular flexibility index (Phi) is 4.26. The fourth-order valence-corrected chi connectivity index (χ4v) is 3.54. The highest BCUT2D eigenvalue weighted by molar-refractivity contribution is 6.30. The lowest BCUT2D eigenvalue weighted by Crippen LogP contribution is -2.44. The maximum atomic E-state index is 12.7. The molecule has 1 fully saturated rings. The van der Waals surface area contributed by atoms with Crippen LogP contribution in [0.2, 0.25) is 5.02 Å². The molecule has 2 N–H and O–H groups in total. The smallest absolute Gasteiger partial charge is 0.252 e. The number of carbonyl (C=O) groups is 1. The standard InChI is InChI=1S/C18H19ClN2O2/c1-12-9-13(10-16(22)20-12)17(23)21-18(7-2-3-8-18)14-5-4-6-15(19)11-14/h4-6,9-11H,2-3,7-8H2,1H3,(H,20,22)(H,21,23). The Morgan fingerprint density at radius 3 is 2.61 bits per heavy atom. The average Bonchev–Trinajstić information content (AvgIpc) is 2.96. The van der Waals surface area contributed by atoms with Crippen LogP contribution in [0.1, 0.15) is 47.3 Å². The number of rotatable bonds is 3. The van der Waals surface area contributed by atoms with Crippen LogP contribution in [0.4, 0.5) is 0 Å². The molecule has 0 spiro atoms. The van der Waals surface area contributed by atoms with E-state index in [0.29, 0.717) is 16.3 Å². The minimum Gasteiger partial charge on any atom is -0.343 e. The van der Waals surface area contributed by atoms with Gasteiger partial charge >= 0.3 is 0 Å². The van der Waals surface area contributed by atoms with E-state index < -0.39 is 5.54 Å². The number of nitrogens with one attached hydrogen (secondary N) is 2. The van der Waals surface area contributed by atoms with Gasteiger partial charge in [-0.15, -0.1) is 0 Å². The van der Waals surface area contributed by atoms with Gasteiger partial charge in [-0.1, -0.05) is 36.6 Å². The van der Waals surface area contributed by atoms with Crippen molar-refractivity contribution in [2.45, 2.75) is 38.1 Å². The molecule has 5 heteroatoms. The fourth-order valence-electron chi connectivity index (χ4n) is 3.35. The fraction of sp³-hybridized carbons (Fsp3) is 0.333. The third-order valence-electron chi connectivity index (χ3n) is 4.43. The van der Waals surface area contributed by atoms with Crippen LogP contribution < -0.4 is 10.9 Å². The zero-order chi connectivity index (χ0) is 16.4. The Balaban J connectivity index is 1.93. The van der Waals surface area contributed by atoms with Crippen LogP contribution in [0, 0.1) is 6.92 Å². The van der Waals surface area contributed by atoms with E-state index in [2.05, 4.69) is 10.3 Å². The first-order valence-corrected chi connectivity index (χ1v) is 8.16. The Labute approximate surface area is 139 Å². The lowest BCUT2D eigenvalue weighted by atomic mass is 9.87. The maximum Gasteiger partial charge on any atom is 0.252 e. The number of hydrogen-bond donors (Lipinski definition) is 2. The number of aryl methyl sites for hydroxylation is 1. The van der Waals surface area contributed by atoms with Crippen LogP contribution >= 0.6 is 11.6 Å². The largest absolute Gasteiger partial charge is 0.343 e. The number of H-pyrrole nitrogens is 1. The molecule has 0 atom stereocenters. The third kappa shape index (κ3) is 3.32. The van der Waals surface area contributed by atoms with Crippen LogP contribution in [0.5, 0.6) is 0 Å². The van der Waals surface area contributed by atoms with Crippen LogP contribution in [0.15, 0.2) is 41.2 Å². The summed E-state index contributed by atoms with van der Waals surface area (Å²) in [5.74, 6) is -0.221. The zero-order valence-electron chi connectivity index (χ0n) is 13.0. The Bertz CT molecular complexity index is 792. The van der Waals surface area contributed by atoms with Gasteiger partial charge in [-0.05, 0) is 43.5 Å². The molecule has 0 aliphatic heterocycles. The normalized spacial score (nSPS) is 16.3. The number of halogens is 1. The molecule has 1 aliphatic rings. The number of aromatic amines is 1. The van der Waals surface area contributed by atoms with E-state index in [0.717, 1.165) is 31.2 Å². The summed E-state index contributed by atoms with van der Waals surface area (Å²) in [7, 11) is 0. The van der Waals surface area contributed by atoms with Crippen LogP contribution in [-0.4, -0.2) is 10.9 Å². The molecule has 1 saturated carbocycles. The highest BCUT2D eigenvalue weighted by Crippen LogP contribution is 2.39. The summed E-state index contributed by atoms with van der Waals surface area (Å²) in [5, 5.41) is 3.82. The molecule has 120 valence electrons. The van der Waals surface area contributed by atoms with Gasteiger partial charge in [-0.3, -0.25) is 9.59 Å². The van der Waals surface area contributed by atoms with Crippen molar-refractivity contribution in [2.24, 2.45) is 0 Å². The molecule has 1 aliphatic carbocycles. The topological polar surface area (TPSA) is 62.0 Å². The van der Waals surface area contributed by atoms with Crippen LogP contribution in [-0.2, 0) is 5.54 Å². The molecule has 0 radical (unpaired) electrons. The molecular formula is C18H19ClN2O2. The van der Waals surface area contributed by atoms with Crippen molar-refractivity contribution >= 4 is 17.5 Å². The van der Waals surface area contributed by atoms with E-state index in [4.69, 9.17) is 11.6 Å². The molecule has 3 rings (SSSR count). The predicted octanol–water partition coefficient (Wildman–Crippen LogP) is 3.54. The second-order valence-corrected chi connectivity index (χ2v) is 6.61. The number of benzene rings is 1. The van der Waals surface area contributed by atoms with Gasteiger partial charge in [0.2, 0.25) is 5.56 Å². The van der Waals surface area contributed by atoms with E-state index in [1.54, 1.807) is 13.0 Å². The lowest BCUT2D eigenvalue weighted by molar-refractivity contribution is 0.0898. The zero-order valence-corrected chi connectivity index (χ0v) is 13.7. The second-order valence-electron chi connectivity index (χ2n) is 6.17. The van der Waals surface area contributed by atoms with Gasteiger partial charge in [0.1, 0.15) is 0 Å². The van der Waals surface area contributed by atoms with E-state index in [1.165, 1.54) is 6.07 Å². The lowest BCUT2D eigenvalue weighted by Gasteiger charge is -2.31. The third-order valence-corrected chi connectivity index (χ3v) is 4.66. The van der Waals surface area contributed by atoms with Crippen molar-refractivity contribution < 1.29 is 4.79 Å². The number of hydrogen-bond acceptors (Lipinski definition) is 2. The maximum absolute atomic E-state index is 12.7. The molecule has 0 bridgehead atoms. The first kappa shape index (κ1) is 15.8. The van der Waals surface area contributed by atoms with E-state index in [9.17, 15) is 9.59 Å². The summed E-state index contributed by atoms with van der Waals surface area (Å²) < 4.78 is 0. The summed E-state index contributed by atoms with van der Waals surface area (Å²) in [5.41, 5.74) is 1.42. The average molecular weight is 331 g/mol. The molecule has 0 unspecified atom stereocenters. The van der Waals surface area contributed by atoms with Gasteiger partial charge in [0.05, 0.1) is 5.54 Å². The second kappa shape index (κ2) is 6.20. The highest BCUT2D eigenvalue weighted by atomic mass is 35.5. The number of aromatic nitrogens is 1. The number of carbonyl (C=O) groups excluding carboxylic acids is 1. The van der Waals surface area contributed by atoms with Crippen molar-refractivity contribution in [2.75, 3.05) is 0 Å². The van der Waals surface area contributed by atoms with Gasteiger partial charge in [-0.2, -0.15) is 0 Å². The summed E-state index contributed by atoms with van der Waals surface area (Å²) in [6.45, 7) is 1.76. The van der Waals surface area contributed by atoms with Crippen molar-refractivity contribution in [3.63, 3.8) is 0 Å². The summed E-state index contributed by atoms with van der Waals surface area (Å²) in [4.78, 5) is 26.9. The molecule has 1 aromatic carbocycles.